The van der Waals surface area contributed by atoms with Gasteiger partial charge in [-0.3, -0.25) is 4.79 Å². The summed E-state index contributed by atoms with van der Waals surface area (Å²) in [5, 5.41) is 4.54. The number of aryl methyl sites for hydroxylation is 1. The standard InChI is InChI=1S/C18H24N2O/c1-20-13-16(15-10-6-7-11-17(15)20)18(21)12-19-14-8-4-2-3-5-9-14/h6-7,10-11,13-14,19H,2-5,8-9,12H2,1H3. The number of rotatable bonds is 4. The number of nitrogens with zero attached hydrogens (tertiary/aromatic N) is 1. The number of fused-ring (bicyclic) bond motifs is 1. The summed E-state index contributed by atoms with van der Waals surface area (Å²) in [7, 11) is 2.00. The van der Waals surface area contributed by atoms with E-state index >= 15 is 0 Å². The van der Waals surface area contributed by atoms with Crippen molar-refractivity contribution in [1.29, 1.82) is 0 Å². The fourth-order valence-electron chi connectivity index (χ4n) is 3.38. The van der Waals surface area contributed by atoms with E-state index in [1.165, 1.54) is 38.5 Å². The minimum Gasteiger partial charge on any atom is -0.350 e. The highest BCUT2D eigenvalue weighted by Crippen LogP contribution is 2.21. The van der Waals surface area contributed by atoms with Crippen molar-refractivity contribution in [1.82, 2.24) is 9.88 Å². The highest BCUT2D eigenvalue weighted by molar-refractivity contribution is 6.09. The summed E-state index contributed by atoms with van der Waals surface area (Å²) in [5.41, 5.74) is 1.96. The maximum atomic E-state index is 12.5. The van der Waals surface area contributed by atoms with Crippen LogP contribution in [-0.2, 0) is 7.05 Å². The first-order valence-electron chi connectivity index (χ1n) is 8.06. The van der Waals surface area contributed by atoms with Gasteiger partial charge in [-0.1, -0.05) is 43.9 Å². The third-order valence-corrected chi connectivity index (χ3v) is 4.60. The lowest BCUT2D eigenvalue weighted by molar-refractivity contribution is 0.0987. The van der Waals surface area contributed by atoms with Crippen LogP contribution >= 0.6 is 0 Å². The number of nitrogens with one attached hydrogen (secondary N) is 1. The Kier molecular flexibility index (Phi) is 4.39. The average Bonchev–Trinajstić information content (AvgIpc) is 2.68. The molecule has 1 saturated carbocycles. The number of ketones is 1. The summed E-state index contributed by atoms with van der Waals surface area (Å²) in [5.74, 6) is 0.205. The largest absolute Gasteiger partial charge is 0.350 e. The average molecular weight is 284 g/mol. The Morgan fingerprint density at radius 2 is 1.90 bits per heavy atom. The Morgan fingerprint density at radius 1 is 1.19 bits per heavy atom. The molecular formula is C18H24N2O. The van der Waals surface area contributed by atoms with Gasteiger partial charge in [-0.15, -0.1) is 0 Å². The third-order valence-electron chi connectivity index (χ3n) is 4.60. The van der Waals surface area contributed by atoms with E-state index in [9.17, 15) is 4.79 Å². The van der Waals surface area contributed by atoms with E-state index in [2.05, 4.69) is 11.4 Å². The van der Waals surface area contributed by atoms with Crippen LogP contribution in [0.15, 0.2) is 30.5 Å². The van der Waals surface area contributed by atoms with E-state index in [-0.39, 0.29) is 5.78 Å². The molecule has 2 aromatic rings. The van der Waals surface area contributed by atoms with Gasteiger partial charge in [0.05, 0.1) is 6.54 Å². The molecule has 1 aromatic heterocycles. The molecule has 0 aliphatic heterocycles. The maximum absolute atomic E-state index is 12.5. The number of hydrogen-bond donors (Lipinski definition) is 1. The summed E-state index contributed by atoms with van der Waals surface area (Å²) in [6.45, 7) is 0.457. The smallest absolute Gasteiger partial charge is 0.178 e. The van der Waals surface area contributed by atoms with E-state index in [0.717, 1.165) is 16.5 Å². The molecule has 0 bridgehead atoms. The second-order valence-electron chi connectivity index (χ2n) is 6.16. The van der Waals surface area contributed by atoms with E-state index in [0.29, 0.717) is 12.6 Å². The van der Waals surface area contributed by atoms with Gasteiger partial charge in [0.15, 0.2) is 5.78 Å². The molecule has 0 atom stereocenters. The van der Waals surface area contributed by atoms with Gasteiger partial charge in [-0.2, -0.15) is 0 Å². The topological polar surface area (TPSA) is 34.0 Å². The van der Waals surface area contributed by atoms with Crippen LogP contribution in [0.5, 0.6) is 0 Å². The first-order chi connectivity index (χ1) is 10.3. The summed E-state index contributed by atoms with van der Waals surface area (Å²) in [6, 6.07) is 8.63. The number of carbonyl (C=O) groups is 1. The highest BCUT2D eigenvalue weighted by atomic mass is 16.1. The molecule has 3 heteroatoms. The number of benzene rings is 1. The Bertz CT molecular complexity index is 621. The number of aromatic nitrogens is 1. The Hall–Kier alpha value is -1.61. The maximum Gasteiger partial charge on any atom is 0.178 e. The van der Waals surface area contributed by atoms with E-state index in [1.54, 1.807) is 0 Å². The highest BCUT2D eigenvalue weighted by Gasteiger charge is 2.16. The lowest BCUT2D eigenvalue weighted by Crippen LogP contribution is -2.33. The van der Waals surface area contributed by atoms with E-state index in [4.69, 9.17) is 0 Å². The molecule has 21 heavy (non-hydrogen) atoms. The van der Waals surface area contributed by atoms with Crippen LogP contribution in [0.4, 0.5) is 0 Å². The molecule has 3 rings (SSSR count). The normalized spacial score (nSPS) is 17.0. The second-order valence-corrected chi connectivity index (χ2v) is 6.16. The van der Waals surface area contributed by atoms with Gasteiger partial charge in [-0.05, 0) is 18.9 Å². The van der Waals surface area contributed by atoms with Crippen LogP contribution in [0.2, 0.25) is 0 Å². The molecule has 0 unspecified atom stereocenters. The molecule has 1 fully saturated rings. The van der Waals surface area contributed by atoms with Crippen LogP contribution in [-0.4, -0.2) is 22.9 Å². The molecule has 1 N–H and O–H groups in total. The quantitative estimate of drug-likeness (QED) is 0.686. The van der Waals surface area contributed by atoms with Crippen molar-refractivity contribution in [3.63, 3.8) is 0 Å². The summed E-state index contributed by atoms with van der Waals surface area (Å²) >= 11 is 0. The molecule has 0 spiro atoms. The van der Waals surface area contributed by atoms with Gasteiger partial charge >= 0.3 is 0 Å². The van der Waals surface area contributed by atoms with Crippen LogP contribution in [0, 0.1) is 0 Å². The Morgan fingerprint density at radius 3 is 2.67 bits per heavy atom. The van der Waals surface area contributed by atoms with Gasteiger partial charge in [0.2, 0.25) is 0 Å². The number of carbonyl (C=O) groups excluding carboxylic acids is 1. The first kappa shape index (κ1) is 14.3. The molecular weight excluding hydrogens is 260 g/mol. The number of hydrogen-bond acceptors (Lipinski definition) is 2. The van der Waals surface area contributed by atoms with Crippen LogP contribution in [0.1, 0.15) is 48.9 Å². The van der Waals surface area contributed by atoms with Crippen molar-refractivity contribution in [3.8, 4) is 0 Å². The Balaban J connectivity index is 1.69. The fraction of sp³-hybridized carbons (Fsp3) is 0.500. The molecule has 112 valence electrons. The minimum atomic E-state index is 0.205. The zero-order chi connectivity index (χ0) is 14.7. The third kappa shape index (κ3) is 3.18. The summed E-state index contributed by atoms with van der Waals surface area (Å²) in [6.07, 6.45) is 9.65. The fourth-order valence-corrected chi connectivity index (χ4v) is 3.38. The minimum absolute atomic E-state index is 0.205. The molecule has 1 heterocycles. The molecule has 3 nitrogen and oxygen atoms in total. The van der Waals surface area contributed by atoms with Crippen LogP contribution < -0.4 is 5.32 Å². The van der Waals surface area contributed by atoms with E-state index < -0.39 is 0 Å². The second kappa shape index (κ2) is 6.44. The van der Waals surface area contributed by atoms with Crippen molar-refractivity contribution in [2.24, 2.45) is 7.05 Å². The first-order valence-corrected chi connectivity index (χ1v) is 8.06. The van der Waals surface area contributed by atoms with Crippen molar-refractivity contribution in [3.05, 3.63) is 36.0 Å². The van der Waals surface area contributed by atoms with Crippen LogP contribution in [0.3, 0.4) is 0 Å². The molecule has 1 aliphatic carbocycles. The van der Waals surface area contributed by atoms with Crippen LogP contribution in [0.25, 0.3) is 10.9 Å². The zero-order valence-electron chi connectivity index (χ0n) is 12.8. The Labute approximate surface area is 126 Å². The lowest BCUT2D eigenvalue weighted by Gasteiger charge is -2.15. The summed E-state index contributed by atoms with van der Waals surface area (Å²) in [4.78, 5) is 12.5. The predicted octanol–water partition coefficient (Wildman–Crippen LogP) is 3.67. The van der Waals surface area contributed by atoms with Gasteiger partial charge < -0.3 is 9.88 Å². The summed E-state index contributed by atoms with van der Waals surface area (Å²) < 4.78 is 2.04. The monoisotopic (exact) mass is 284 g/mol. The van der Waals surface area contributed by atoms with Gasteiger partial charge in [-0.25, -0.2) is 0 Å². The predicted molar refractivity (Wildman–Crippen MR) is 86.7 cm³/mol. The molecule has 1 aliphatic rings. The van der Waals surface area contributed by atoms with Gasteiger partial charge in [0.1, 0.15) is 0 Å². The van der Waals surface area contributed by atoms with Crippen molar-refractivity contribution in [2.45, 2.75) is 44.6 Å². The number of Topliss-reactive ketones (excluding diaryl/α,β-unsaturated/α-hetero) is 1. The molecule has 0 saturated heterocycles. The van der Waals surface area contributed by atoms with Crippen molar-refractivity contribution in [2.75, 3.05) is 6.54 Å². The number of para-hydroxylation sites is 1. The van der Waals surface area contributed by atoms with Gasteiger partial charge in [0, 0.05) is 35.8 Å². The zero-order valence-corrected chi connectivity index (χ0v) is 12.8. The lowest BCUT2D eigenvalue weighted by atomic mass is 10.1. The molecule has 1 aromatic carbocycles. The van der Waals surface area contributed by atoms with Gasteiger partial charge in [0.25, 0.3) is 0 Å². The molecule has 0 amide bonds. The van der Waals surface area contributed by atoms with Crippen molar-refractivity contribution < 1.29 is 4.79 Å². The van der Waals surface area contributed by atoms with Crippen molar-refractivity contribution >= 4 is 16.7 Å². The van der Waals surface area contributed by atoms with E-state index in [1.807, 2.05) is 36.0 Å². The SMILES string of the molecule is Cn1cc(C(=O)CNC2CCCCCC2)c2ccccc21. The molecule has 0 radical (unpaired) electrons.